The fourth-order valence-electron chi connectivity index (χ4n) is 7.73. The summed E-state index contributed by atoms with van der Waals surface area (Å²) in [6, 6.07) is 48.5. The number of rotatable bonds is 3. The summed E-state index contributed by atoms with van der Waals surface area (Å²) in [6.45, 7) is 2.26. The summed E-state index contributed by atoms with van der Waals surface area (Å²) in [5, 5.41) is 6.19. The molecule has 218 valence electrons. The Labute approximate surface area is 266 Å². The van der Waals surface area contributed by atoms with Crippen molar-refractivity contribution in [3.05, 3.63) is 151 Å². The van der Waals surface area contributed by atoms with Gasteiger partial charge in [0, 0.05) is 55.9 Å². The van der Waals surface area contributed by atoms with E-state index >= 15 is 0 Å². The molecule has 0 bridgehead atoms. The molecule has 0 radical (unpaired) electrons. The van der Waals surface area contributed by atoms with Crippen LogP contribution in [0.1, 0.15) is 30.6 Å². The van der Waals surface area contributed by atoms with Gasteiger partial charge in [0.25, 0.3) is 0 Å². The van der Waals surface area contributed by atoms with Gasteiger partial charge in [-0.25, -0.2) is 0 Å². The van der Waals surface area contributed by atoms with Crippen LogP contribution in [0.25, 0.3) is 83.2 Å². The predicted octanol–water partition coefficient (Wildman–Crippen LogP) is 11.8. The number of furan rings is 1. The van der Waals surface area contributed by atoms with E-state index in [-0.39, 0.29) is 0 Å². The predicted molar refractivity (Wildman–Crippen MR) is 192 cm³/mol. The smallest absolute Gasteiger partial charge is 0.137 e. The molecule has 1 unspecified atom stereocenters. The number of para-hydroxylation sites is 2. The van der Waals surface area contributed by atoms with Gasteiger partial charge >= 0.3 is 0 Å². The van der Waals surface area contributed by atoms with Gasteiger partial charge in [-0.15, -0.1) is 0 Å². The molecule has 6 aromatic carbocycles. The first kappa shape index (κ1) is 25.5. The van der Waals surface area contributed by atoms with Gasteiger partial charge in [-0.2, -0.15) is 0 Å². The second-order valence-corrected chi connectivity index (χ2v) is 12.6. The maximum Gasteiger partial charge on any atom is 0.137 e. The van der Waals surface area contributed by atoms with Crippen LogP contribution in [0.3, 0.4) is 0 Å². The van der Waals surface area contributed by atoms with Crippen molar-refractivity contribution in [3.63, 3.8) is 0 Å². The zero-order valence-corrected chi connectivity index (χ0v) is 25.4. The van der Waals surface area contributed by atoms with Crippen LogP contribution >= 0.6 is 0 Å². The summed E-state index contributed by atoms with van der Waals surface area (Å²) in [5.41, 5.74) is 11.6. The maximum atomic E-state index is 6.57. The van der Waals surface area contributed by atoms with E-state index < -0.39 is 0 Å². The van der Waals surface area contributed by atoms with Crippen LogP contribution in [-0.2, 0) is 0 Å². The Kier molecular flexibility index (Phi) is 5.32. The van der Waals surface area contributed by atoms with Gasteiger partial charge in [0.1, 0.15) is 11.3 Å². The fraction of sp³-hybridized carbons (Fsp3) is 0.0698. The minimum Gasteiger partial charge on any atom is -0.460 e. The Bertz CT molecular complexity index is 2670. The largest absolute Gasteiger partial charge is 0.460 e. The third kappa shape index (κ3) is 3.60. The Balaban J connectivity index is 1.33. The number of fused-ring (bicyclic) bond motifs is 9. The van der Waals surface area contributed by atoms with Gasteiger partial charge < -0.3 is 13.6 Å². The average molecular weight is 591 g/mol. The number of hydrogen-bond donors (Lipinski definition) is 0. The summed E-state index contributed by atoms with van der Waals surface area (Å²) in [7, 11) is 0. The minimum atomic E-state index is 0.380. The first-order valence-electron chi connectivity index (χ1n) is 16.1. The van der Waals surface area contributed by atoms with E-state index in [2.05, 4.69) is 162 Å². The van der Waals surface area contributed by atoms with Crippen LogP contribution in [0.2, 0.25) is 0 Å². The average Bonchev–Trinajstić information content (AvgIpc) is 3.74. The standard InChI is InChI=1S/C43H30N2O/c1-27-12-10-20-33-37-24-36-35-23-34-32-19-8-9-21-38(32)45(31-18-11-15-29(22-31)28-13-4-2-5-14-28)39(34)25-40(35)44(30-16-6-3-7-17-30)41(36)26-42(37)46-43(27)33/h2-11,13-27H,12H2,1H3. The Hall–Kier alpha value is -5.80. The molecule has 0 spiro atoms. The SMILES string of the molecule is CC1CC=Cc2c1oc1cc3c(cc21)c1cc2c4ccccc4n(-c4cccc(-c5ccccc5)c4)c2cc1n3-c1ccccc1. The van der Waals surface area contributed by atoms with Crippen molar-refractivity contribution in [1.29, 1.82) is 0 Å². The third-order valence-electron chi connectivity index (χ3n) is 9.88. The lowest BCUT2D eigenvalue weighted by Gasteiger charge is -2.11. The molecule has 3 aromatic heterocycles. The Morgan fingerprint density at radius 3 is 1.98 bits per heavy atom. The zero-order chi connectivity index (χ0) is 30.4. The van der Waals surface area contributed by atoms with Gasteiger partial charge in [0.15, 0.2) is 0 Å². The Morgan fingerprint density at radius 2 is 1.15 bits per heavy atom. The molecular formula is C43H30N2O. The molecule has 3 heteroatoms. The summed E-state index contributed by atoms with van der Waals surface area (Å²) < 4.78 is 11.4. The van der Waals surface area contributed by atoms with E-state index in [0.717, 1.165) is 34.7 Å². The van der Waals surface area contributed by atoms with Crippen LogP contribution in [-0.4, -0.2) is 9.13 Å². The normalized spacial score (nSPS) is 14.7. The van der Waals surface area contributed by atoms with E-state index in [1.165, 1.54) is 60.2 Å². The van der Waals surface area contributed by atoms with Crippen molar-refractivity contribution >= 4 is 60.7 Å². The van der Waals surface area contributed by atoms with Gasteiger partial charge in [-0.1, -0.05) is 97.9 Å². The molecule has 0 N–H and O–H groups in total. The van der Waals surface area contributed by atoms with E-state index in [1.807, 2.05) is 0 Å². The van der Waals surface area contributed by atoms with E-state index in [4.69, 9.17) is 4.42 Å². The van der Waals surface area contributed by atoms with Crippen molar-refractivity contribution in [2.45, 2.75) is 19.3 Å². The molecule has 1 atom stereocenters. The molecule has 0 amide bonds. The van der Waals surface area contributed by atoms with Gasteiger partial charge in [-0.3, -0.25) is 0 Å². The van der Waals surface area contributed by atoms with Crippen LogP contribution in [0.15, 0.2) is 144 Å². The molecule has 1 aliphatic carbocycles. The molecule has 3 heterocycles. The van der Waals surface area contributed by atoms with Crippen molar-refractivity contribution < 1.29 is 4.42 Å². The number of benzene rings is 6. The number of nitrogens with zero attached hydrogens (tertiary/aromatic N) is 2. The lowest BCUT2D eigenvalue weighted by atomic mass is 9.94. The quantitative estimate of drug-likeness (QED) is 0.201. The highest BCUT2D eigenvalue weighted by Crippen LogP contribution is 2.44. The second kappa shape index (κ2) is 9.60. The van der Waals surface area contributed by atoms with Crippen molar-refractivity contribution in [2.24, 2.45) is 0 Å². The molecule has 3 nitrogen and oxygen atoms in total. The molecule has 0 aliphatic heterocycles. The molecule has 0 saturated carbocycles. The van der Waals surface area contributed by atoms with Gasteiger partial charge in [0.2, 0.25) is 0 Å². The highest BCUT2D eigenvalue weighted by Gasteiger charge is 2.24. The minimum absolute atomic E-state index is 0.380. The fourth-order valence-corrected chi connectivity index (χ4v) is 7.73. The van der Waals surface area contributed by atoms with Crippen molar-refractivity contribution in [1.82, 2.24) is 9.13 Å². The summed E-state index contributed by atoms with van der Waals surface area (Å²) in [6.07, 6.45) is 5.55. The first-order valence-corrected chi connectivity index (χ1v) is 16.1. The molecule has 0 fully saturated rings. The van der Waals surface area contributed by atoms with E-state index in [1.54, 1.807) is 0 Å². The summed E-state index contributed by atoms with van der Waals surface area (Å²) in [4.78, 5) is 0. The van der Waals surface area contributed by atoms with E-state index in [0.29, 0.717) is 5.92 Å². The highest BCUT2D eigenvalue weighted by atomic mass is 16.3. The second-order valence-electron chi connectivity index (χ2n) is 12.6. The van der Waals surface area contributed by atoms with Crippen LogP contribution in [0.4, 0.5) is 0 Å². The number of hydrogen-bond acceptors (Lipinski definition) is 1. The van der Waals surface area contributed by atoms with Gasteiger partial charge in [-0.05, 0) is 66.1 Å². The summed E-state index contributed by atoms with van der Waals surface area (Å²) >= 11 is 0. The summed E-state index contributed by atoms with van der Waals surface area (Å²) in [5.74, 6) is 1.48. The van der Waals surface area contributed by atoms with Crippen LogP contribution in [0.5, 0.6) is 0 Å². The molecule has 46 heavy (non-hydrogen) atoms. The van der Waals surface area contributed by atoms with Crippen LogP contribution in [0, 0.1) is 0 Å². The van der Waals surface area contributed by atoms with Crippen molar-refractivity contribution in [2.75, 3.05) is 0 Å². The lowest BCUT2D eigenvalue weighted by Crippen LogP contribution is -1.96. The monoisotopic (exact) mass is 590 g/mol. The molecule has 0 saturated heterocycles. The topological polar surface area (TPSA) is 23.0 Å². The number of aromatic nitrogens is 2. The third-order valence-corrected chi connectivity index (χ3v) is 9.88. The molecule has 9 aromatic rings. The Morgan fingerprint density at radius 1 is 0.522 bits per heavy atom. The molecular weight excluding hydrogens is 560 g/mol. The highest BCUT2D eigenvalue weighted by molar-refractivity contribution is 6.21. The van der Waals surface area contributed by atoms with E-state index in [9.17, 15) is 0 Å². The zero-order valence-electron chi connectivity index (χ0n) is 25.4. The maximum absolute atomic E-state index is 6.57. The van der Waals surface area contributed by atoms with Crippen LogP contribution < -0.4 is 0 Å². The lowest BCUT2D eigenvalue weighted by molar-refractivity contribution is 0.504. The molecule has 1 aliphatic rings. The number of allylic oxidation sites excluding steroid dienone is 1. The molecule has 10 rings (SSSR count). The van der Waals surface area contributed by atoms with Crippen molar-refractivity contribution in [3.8, 4) is 22.5 Å². The van der Waals surface area contributed by atoms with Gasteiger partial charge in [0.05, 0.1) is 22.1 Å². The first-order chi connectivity index (χ1) is 22.7.